The summed E-state index contributed by atoms with van der Waals surface area (Å²) in [7, 11) is 0. The molecular weight excluding hydrogens is 612 g/mol. The topological polar surface area (TPSA) is 107 Å². The van der Waals surface area contributed by atoms with Crippen LogP contribution in [0.4, 0.5) is 10.5 Å². The second-order valence-corrected chi connectivity index (χ2v) is 14.1. The molecule has 6 rings (SSSR count). The number of likely N-dealkylation sites (tertiary alicyclic amines) is 3. The first-order valence-corrected chi connectivity index (χ1v) is 18.7. The lowest BCUT2D eigenvalue weighted by Crippen LogP contribution is -2.53. The number of anilines is 1. The van der Waals surface area contributed by atoms with E-state index in [1.54, 1.807) is 0 Å². The highest BCUT2D eigenvalue weighted by molar-refractivity contribution is 5.91. The van der Waals surface area contributed by atoms with Gasteiger partial charge in [-0.2, -0.15) is 5.26 Å². The van der Waals surface area contributed by atoms with Crippen molar-refractivity contribution in [1.29, 1.82) is 5.26 Å². The minimum absolute atomic E-state index is 0.0441. The summed E-state index contributed by atoms with van der Waals surface area (Å²) in [6.07, 6.45) is 12.7. The Hall–Kier alpha value is -4.10. The number of hydrogen-bond donors (Lipinski definition) is 2. The second-order valence-electron chi connectivity index (χ2n) is 14.1. The molecule has 49 heavy (non-hydrogen) atoms. The van der Waals surface area contributed by atoms with Gasteiger partial charge in [0.2, 0.25) is 11.9 Å². The van der Waals surface area contributed by atoms with Crippen molar-refractivity contribution in [3.63, 3.8) is 0 Å². The molecule has 1 atom stereocenters. The number of aryl methyl sites for hydroxylation is 2. The Balaban J connectivity index is 1.17. The number of guanidine groups is 1. The van der Waals surface area contributed by atoms with Crippen LogP contribution in [0.25, 0.3) is 0 Å². The van der Waals surface area contributed by atoms with Gasteiger partial charge in [0, 0.05) is 56.9 Å². The van der Waals surface area contributed by atoms with Crippen LogP contribution < -0.4 is 10.6 Å². The Morgan fingerprint density at radius 2 is 1.59 bits per heavy atom. The fraction of sp³-hybridized carbons (Fsp3) is 0.590. The SMILES string of the molecule is CCc1ccc(CC(N=C(NC#N)N2CCC(N3CCc4ccccc4NC3=O)CC2)C(=O)N2CCC(N3CCCCC3)CC2)cc1CC. The fourth-order valence-electron chi connectivity index (χ4n) is 8.36. The van der Waals surface area contributed by atoms with E-state index in [1.165, 1.54) is 43.5 Å². The zero-order chi connectivity index (χ0) is 34.2. The first-order chi connectivity index (χ1) is 24.0. The molecule has 1 unspecified atom stereocenters. The van der Waals surface area contributed by atoms with Gasteiger partial charge in [0.15, 0.2) is 6.19 Å². The first-order valence-electron chi connectivity index (χ1n) is 18.7. The molecular formula is C39H54N8O2. The molecule has 0 radical (unpaired) electrons. The van der Waals surface area contributed by atoms with Crippen LogP contribution in [0.3, 0.4) is 0 Å². The van der Waals surface area contributed by atoms with Gasteiger partial charge in [-0.05, 0) is 99.2 Å². The molecule has 3 amide bonds. The molecule has 3 saturated heterocycles. The third-order valence-electron chi connectivity index (χ3n) is 11.2. The lowest BCUT2D eigenvalue weighted by Gasteiger charge is -2.41. The molecule has 262 valence electrons. The van der Waals surface area contributed by atoms with Gasteiger partial charge < -0.3 is 24.9 Å². The van der Waals surface area contributed by atoms with Gasteiger partial charge in [0.05, 0.1) is 0 Å². The standard InChI is InChI=1S/C39H54N8O2/c1-3-30-13-12-29(26-31(30)4-2)27-36(37(48)45-21-15-33(16-22-45)44-19-8-5-9-20-44)42-38(41-28-40)46-23-17-34(18-24-46)47-25-14-32-10-6-7-11-35(32)43-39(47)49/h6-7,10-13,26,33-34,36H,3-5,8-9,14-25,27H2,1-2H3,(H,41,42)(H,43,49). The fourth-order valence-corrected chi connectivity index (χ4v) is 8.36. The number of para-hydroxylation sites is 1. The Morgan fingerprint density at radius 1 is 0.898 bits per heavy atom. The van der Waals surface area contributed by atoms with E-state index in [0.29, 0.717) is 38.1 Å². The third-order valence-corrected chi connectivity index (χ3v) is 11.2. The first kappa shape index (κ1) is 34.8. The summed E-state index contributed by atoms with van der Waals surface area (Å²) in [5.74, 6) is 0.499. The van der Waals surface area contributed by atoms with Crippen molar-refractivity contribution in [2.24, 2.45) is 4.99 Å². The van der Waals surface area contributed by atoms with E-state index in [4.69, 9.17) is 4.99 Å². The van der Waals surface area contributed by atoms with Crippen LogP contribution in [0.5, 0.6) is 0 Å². The number of piperidine rings is 3. The molecule has 0 aromatic heterocycles. The zero-order valence-corrected chi connectivity index (χ0v) is 29.5. The number of fused-ring (bicyclic) bond motifs is 1. The maximum absolute atomic E-state index is 14.3. The van der Waals surface area contributed by atoms with Gasteiger partial charge in [-0.15, -0.1) is 0 Å². The van der Waals surface area contributed by atoms with Gasteiger partial charge in [-0.25, -0.2) is 9.79 Å². The van der Waals surface area contributed by atoms with E-state index in [-0.39, 0.29) is 18.0 Å². The zero-order valence-electron chi connectivity index (χ0n) is 29.5. The number of carbonyl (C=O) groups is 2. The van der Waals surface area contributed by atoms with E-state index >= 15 is 0 Å². The normalized spacial score (nSPS) is 20.6. The van der Waals surface area contributed by atoms with Crippen molar-refractivity contribution in [2.45, 2.75) is 103 Å². The summed E-state index contributed by atoms with van der Waals surface area (Å²) in [6, 6.07) is 14.5. The predicted molar refractivity (Wildman–Crippen MR) is 194 cm³/mol. The summed E-state index contributed by atoms with van der Waals surface area (Å²) in [5, 5.41) is 15.8. The largest absolute Gasteiger partial charge is 0.342 e. The number of urea groups is 1. The molecule has 2 aromatic carbocycles. The Labute approximate surface area is 292 Å². The third kappa shape index (κ3) is 8.38. The van der Waals surface area contributed by atoms with Gasteiger partial charge in [-0.3, -0.25) is 10.1 Å². The van der Waals surface area contributed by atoms with E-state index in [2.05, 4.69) is 64.7 Å². The van der Waals surface area contributed by atoms with E-state index in [9.17, 15) is 14.9 Å². The van der Waals surface area contributed by atoms with Crippen molar-refractivity contribution in [3.8, 4) is 6.19 Å². The highest BCUT2D eigenvalue weighted by Crippen LogP contribution is 2.26. The van der Waals surface area contributed by atoms with Crippen LogP contribution in [-0.4, -0.2) is 101 Å². The monoisotopic (exact) mass is 666 g/mol. The lowest BCUT2D eigenvalue weighted by atomic mass is 9.95. The van der Waals surface area contributed by atoms with Crippen molar-refractivity contribution in [2.75, 3.05) is 51.1 Å². The molecule has 10 heteroatoms. The van der Waals surface area contributed by atoms with Crippen LogP contribution in [0, 0.1) is 11.5 Å². The van der Waals surface area contributed by atoms with Crippen LogP contribution in [-0.2, 0) is 30.5 Å². The number of aliphatic imine (C=N–C) groups is 1. The maximum Gasteiger partial charge on any atom is 0.322 e. The molecule has 10 nitrogen and oxygen atoms in total. The minimum Gasteiger partial charge on any atom is -0.342 e. The molecule has 0 aliphatic carbocycles. The summed E-state index contributed by atoms with van der Waals surface area (Å²) in [4.78, 5) is 41.3. The molecule has 2 N–H and O–H groups in total. The molecule has 0 spiro atoms. The average Bonchev–Trinajstić information content (AvgIpc) is 3.32. The van der Waals surface area contributed by atoms with Gasteiger partial charge in [-0.1, -0.05) is 56.7 Å². The molecule has 2 aromatic rings. The second kappa shape index (κ2) is 16.5. The van der Waals surface area contributed by atoms with E-state index < -0.39 is 6.04 Å². The lowest BCUT2D eigenvalue weighted by molar-refractivity contribution is -0.134. The highest BCUT2D eigenvalue weighted by Gasteiger charge is 2.34. The van der Waals surface area contributed by atoms with E-state index in [1.807, 2.05) is 28.0 Å². The van der Waals surface area contributed by atoms with E-state index in [0.717, 1.165) is 74.8 Å². The Morgan fingerprint density at radius 3 is 2.31 bits per heavy atom. The number of nitrogens with zero attached hydrogens (tertiary/aromatic N) is 6. The molecule has 0 bridgehead atoms. The maximum atomic E-state index is 14.3. The van der Waals surface area contributed by atoms with Crippen LogP contribution in [0.1, 0.15) is 81.0 Å². The van der Waals surface area contributed by atoms with Crippen molar-refractivity contribution >= 4 is 23.6 Å². The number of nitrogens with one attached hydrogen (secondary N) is 2. The number of nitriles is 1. The summed E-state index contributed by atoms with van der Waals surface area (Å²) in [5.41, 5.74) is 5.80. The van der Waals surface area contributed by atoms with Crippen LogP contribution in [0.15, 0.2) is 47.5 Å². The van der Waals surface area contributed by atoms with Gasteiger partial charge in [0.25, 0.3) is 0 Å². The molecule has 3 fully saturated rings. The summed E-state index contributed by atoms with van der Waals surface area (Å²) in [6.45, 7) is 10.2. The number of benzene rings is 2. The molecule has 4 aliphatic rings. The molecule has 0 saturated carbocycles. The van der Waals surface area contributed by atoms with Crippen LogP contribution in [0.2, 0.25) is 0 Å². The number of hydrogen-bond acceptors (Lipinski definition) is 5. The van der Waals surface area contributed by atoms with Gasteiger partial charge in [0.1, 0.15) is 6.04 Å². The highest BCUT2D eigenvalue weighted by atomic mass is 16.2. The molecule has 4 heterocycles. The minimum atomic E-state index is -0.632. The predicted octanol–water partition coefficient (Wildman–Crippen LogP) is 5.18. The quantitative estimate of drug-likeness (QED) is 0.174. The van der Waals surface area contributed by atoms with Crippen molar-refractivity contribution < 1.29 is 9.59 Å². The summed E-state index contributed by atoms with van der Waals surface area (Å²) < 4.78 is 0. The number of amides is 3. The number of rotatable bonds is 8. The van der Waals surface area contributed by atoms with Crippen molar-refractivity contribution in [3.05, 3.63) is 64.7 Å². The smallest absolute Gasteiger partial charge is 0.322 e. The van der Waals surface area contributed by atoms with Crippen molar-refractivity contribution in [1.82, 2.24) is 24.9 Å². The van der Waals surface area contributed by atoms with Gasteiger partial charge >= 0.3 is 6.03 Å². The molecule has 4 aliphatic heterocycles. The average molecular weight is 667 g/mol. The Bertz CT molecular complexity index is 1510. The van der Waals surface area contributed by atoms with Crippen LogP contribution >= 0.6 is 0 Å². The summed E-state index contributed by atoms with van der Waals surface area (Å²) >= 11 is 0. The Kier molecular flexibility index (Phi) is 11.7. The number of carbonyl (C=O) groups excluding carboxylic acids is 2.